The van der Waals surface area contributed by atoms with Gasteiger partial charge in [0.1, 0.15) is 0 Å². The molecule has 0 radical (unpaired) electrons. The molecule has 0 fully saturated rings. The summed E-state index contributed by atoms with van der Waals surface area (Å²) in [5.41, 5.74) is 2.27. The van der Waals surface area contributed by atoms with E-state index >= 15 is 0 Å². The molecule has 0 heterocycles. The minimum atomic E-state index is -0.515. The first kappa shape index (κ1) is 17.0. The lowest BCUT2D eigenvalue weighted by atomic mass is 10.1. The van der Waals surface area contributed by atoms with E-state index < -0.39 is 5.97 Å². The summed E-state index contributed by atoms with van der Waals surface area (Å²) in [6.45, 7) is 3.40. The second-order valence-electron chi connectivity index (χ2n) is 5.29. The van der Waals surface area contributed by atoms with Crippen LogP contribution in [0.3, 0.4) is 0 Å². The highest BCUT2D eigenvalue weighted by Gasteiger charge is 2.13. The maximum absolute atomic E-state index is 11.9. The number of rotatable bonds is 5. The van der Waals surface area contributed by atoms with Gasteiger partial charge in [-0.25, -0.2) is 4.79 Å². The van der Waals surface area contributed by atoms with Crippen LogP contribution in [-0.2, 0) is 9.53 Å². The number of ether oxygens (including phenoxy) is 1. The third-order valence-corrected chi connectivity index (χ3v) is 3.55. The molecule has 1 unspecified atom stereocenters. The third-order valence-electron chi connectivity index (χ3n) is 3.31. The molecule has 5 heteroatoms. The van der Waals surface area contributed by atoms with Crippen LogP contribution in [0, 0.1) is 6.92 Å². The Labute approximate surface area is 140 Å². The highest BCUT2D eigenvalue weighted by Crippen LogP contribution is 2.17. The Hall–Kier alpha value is -2.33. The van der Waals surface area contributed by atoms with Gasteiger partial charge in [0, 0.05) is 5.02 Å². The number of nitrogens with one attached hydrogen (secondary N) is 1. The molecule has 1 amide bonds. The minimum absolute atomic E-state index is 0.223. The van der Waals surface area contributed by atoms with Crippen LogP contribution in [0.25, 0.3) is 0 Å². The fraction of sp³-hybridized carbons (Fsp3) is 0.222. The number of aryl methyl sites for hydroxylation is 1. The van der Waals surface area contributed by atoms with E-state index in [1.54, 1.807) is 30.3 Å². The Bertz CT molecular complexity index is 715. The molecule has 0 bridgehead atoms. The largest absolute Gasteiger partial charge is 0.452 e. The molecule has 0 saturated carbocycles. The Morgan fingerprint density at radius 1 is 1.17 bits per heavy atom. The van der Waals surface area contributed by atoms with Crippen LogP contribution < -0.4 is 5.32 Å². The second-order valence-corrected chi connectivity index (χ2v) is 5.73. The number of carbonyl (C=O) groups is 2. The van der Waals surface area contributed by atoms with E-state index in [0.717, 1.165) is 11.1 Å². The summed E-state index contributed by atoms with van der Waals surface area (Å²) >= 11 is 5.93. The molecule has 2 aromatic carbocycles. The van der Waals surface area contributed by atoms with Crippen LogP contribution >= 0.6 is 11.6 Å². The maximum Gasteiger partial charge on any atom is 0.338 e. The highest BCUT2D eigenvalue weighted by molar-refractivity contribution is 6.30. The topological polar surface area (TPSA) is 55.4 Å². The summed E-state index contributed by atoms with van der Waals surface area (Å²) in [6, 6.07) is 14.0. The van der Waals surface area contributed by atoms with E-state index in [0.29, 0.717) is 10.6 Å². The average molecular weight is 332 g/mol. The second kappa shape index (κ2) is 7.79. The molecule has 1 atom stereocenters. The van der Waals surface area contributed by atoms with Crippen molar-refractivity contribution in [3.05, 3.63) is 70.2 Å². The van der Waals surface area contributed by atoms with Crippen LogP contribution in [0.1, 0.15) is 34.5 Å². The molecule has 0 spiro atoms. The molecule has 0 aromatic heterocycles. The van der Waals surface area contributed by atoms with Crippen molar-refractivity contribution in [1.82, 2.24) is 5.32 Å². The van der Waals surface area contributed by atoms with Gasteiger partial charge in [-0.3, -0.25) is 4.79 Å². The SMILES string of the molecule is Cc1cccc(C(=O)OCC(=O)NC(C)c2cccc(Cl)c2)c1. The van der Waals surface area contributed by atoms with Gasteiger partial charge < -0.3 is 10.1 Å². The summed E-state index contributed by atoms with van der Waals surface area (Å²) in [5, 5.41) is 3.37. The average Bonchev–Trinajstić information content (AvgIpc) is 2.52. The number of amides is 1. The van der Waals surface area contributed by atoms with Crippen molar-refractivity contribution in [2.24, 2.45) is 0 Å². The zero-order chi connectivity index (χ0) is 16.8. The molecule has 0 saturated heterocycles. The molecule has 120 valence electrons. The van der Waals surface area contributed by atoms with Crippen molar-refractivity contribution < 1.29 is 14.3 Å². The predicted molar refractivity (Wildman–Crippen MR) is 89.5 cm³/mol. The Morgan fingerprint density at radius 3 is 2.61 bits per heavy atom. The molecule has 2 rings (SSSR count). The van der Waals surface area contributed by atoms with Crippen LogP contribution in [0.15, 0.2) is 48.5 Å². The summed E-state index contributed by atoms with van der Waals surface area (Å²) in [5.74, 6) is -0.877. The molecular weight excluding hydrogens is 314 g/mol. The van der Waals surface area contributed by atoms with E-state index in [1.165, 1.54) is 0 Å². The fourth-order valence-electron chi connectivity index (χ4n) is 2.13. The number of hydrogen-bond donors (Lipinski definition) is 1. The van der Waals surface area contributed by atoms with Gasteiger partial charge in [-0.15, -0.1) is 0 Å². The first-order chi connectivity index (χ1) is 11.0. The first-order valence-electron chi connectivity index (χ1n) is 7.24. The van der Waals surface area contributed by atoms with Crippen LogP contribution in [0.5, 0.6) is 0 Å². The number of benzene rings is 2. The van der Waals surface area contributed by atoms with Crippen molar-refractivity contribution in [2.75, 3.05) is 6.61 Å². The van der Waals surface area contributed by atoms with E-state index in [9.17, 15) is 9.59 Å². The molecule has 1 N–H and O–H groups in total. The molecule has 0 aliphatic carbocycles. The van der Waals surface area contributed by atoms with Gasteiger partial charge in [0.15, 0.2) is 6.61 Å². The van der Waals surface area contributed by atoms with Crippen LogP contribution in [0.4, 0.5) is 0 Å². The summed E-state index contributed by atoms with van der Waals surface area (Å²) in [4.78, 5) is 23.8. The van der Waals surface area contributed by atoms with Gasteiger partial charge in [-0.2, -0.15) is 0 Å². The lowest BCUT2D eigenvalue weighted by Crippen LogP contribution is -2.31. The van der Waals surface area contributed by atoms with Crippen molar-refractivity contribution in [2.45, 2.75) is 19.9 Å². The monoisotopic (exact) mass is 331 g/mol. The number of halogens is 1. The molecule has 2 aromatic rings. The lowest BCUT2D eigenvalue weighted by Gasteiger charge is -2.14. The fourth-order valence-corrected chi connectivity index (χ4v) is 2.33. The molecule has 23 heavy (non-hydrogen) atoms. The van der Waals surface area contributed by atoms with Crippen molar-refractivity contribution in [1.29, 1.82) is 0 Å². The predicted octanol–water partition coefficient (Wildman–Crippen LogP) is 3.68. The van der Waals surface area contributed by atoms with Gasteiger partial charge in [-0.05, 0) is 43.7 Å². The van der Waals surface area contributed by atoms with Crippen molar-refractivity contribution >= 4 is 23.5 Å². The first-order valence-corrected chi connectivity index (χ1v) is 7.62. The quantitative estimate of drug-likeness (QED) is 0.850. The number of esters is 1. The lowest BCUT2D eigenvalue weighted by molar-refractivity contribution is -0.124. The van der Waals surface area contributed by atoms with Crippen LogP contribution in [-0.4, -0.2) is 18.5 Å². The Balaban J connectivity index is 1.86. The van der Waals surface area contributed by atoms with Crippen LogP contribution in [0.2, 0.25) is 5.02 Å². The van der Waals surface area contributed by atoms with E-state index in [-0.39, 0.29) is 18.6 Å². The zero-order valence-electron chi connectivity index (χ0n) is 13.0. The van der Waals surface area contributed by atoms with Crippen molar-refractivity contribution in [3.8, 4) is 0 Å². The van der Waals surface area contributed by atoms with Gasteiger partial charge in [0.25, 0.3) is 5.91 Å². The summed E-state index contributed by atoms with van der Waals surface area (Å²) < 4.78 is 5.03. The van der Waals surface area contributed by atoms with E-state index in [2.05, 4.69) is 5.32 Å². The smallest absolute Gasteiger partial charge is 0.338 e. The summed E-state index contributed by atoms with van der Waals surface area (Å²) in [7, 11) is 0. The maximum atomic E-state index is 11.9. The van der Waals surface area contributed by atoms with Gasteiger partial charge in [0.05, 0.1) is 11.6 Å². The van der Waals surface area contributed by atoms with Gasteiger partial charge in [-0.1, -0.05) is 41.4 Å². The minimum Gasteiger partial charge on any atom is -0.452 e. The number of hydrogen-bond acceptors (Lipinski definition) is 3. The standard InChI is InChI=1S/C18H18ClNO3/c1-12-5-3-7-15(9-12)18(22)23-11-17(21)20-13(2)14-6-4-8-16(19)10-14/h3-10,13H,11H2,1-2H3,(H,20,21). The molecule has 4 nitrogen and oxygen atoms in total. The van der Waals surface area contributed by atoms with E-state index in [1.807, 2.05) is 32.0 Å². The molecular formula is C18H18ClNO3. The number of carbonyl (C=O) groups excluding carboxylic acids is 2. The van der Waals surface area contributed by atoms with Gasteiger partial charge in [0.2, 0.25) is 0 Å². The summed E-state index contributed by atoms with van der Waals surface area (Å²) in [6.07, 6.45) is 0. The van der Waals surface area contributed by atoms with Gasteiger partial charge >= 0.3 is 5.97 Å². The Morgan fingerprint density at radius 2 is 1.91 bits per heavy atom. The third kappa shape index (κ3) is 5.11. The van der Waals surface area contributed by atoms with Crippen molar-refractivity contribution in [3.63, 3.8) is 0 Å². The highest BCUT2D eigenvalue weighted by atomic mass is 35.5. The Kier molecular flexibility index (Phi) is 5.77. The molecule has 0 aliphatic heterocycles. The zero-order valence-corrected chi connectivity index (χ0v) is 13.8. The molecule has 0 aliphatic rings. The normalized spacial score (nSPS) is 11.6. The van der Waals surface area contributed by atoms with E-state index in [4.69, 9.17) is 16.3 Å².